The van der Waals surface area contributed by atoms with Gasteiger partial charge in [0.15, 0.2) is 11.5 Å². The second-order valence-electron chi connectivity index (χ2n) is 2.08. The molecule has 0 radical (unpaired) electrons. The molecule has 0 atom stereocenters. The Bertz CT molecular complexity index is 374. The molecule has 0 bridgehead atoms. The summed E-state index contributed by atoms with van der Waals surface area (Å²) in [6.07, 6.45) is 2.59. The Balaban J connectivity index is 2.55. The first kappa shape index (κ1) is 6.90. The highest BCUT2D eigenvalue weighted by Crippen LogP contribution is 2.15. The van der Waals surface area contributed by atoms with Crippen LogP contribution in [-0.4, -0.2) is 15.2 Å². The van der Waals surface area contributed by atoms with E-state index in [9.17, 15) is 4.39 Å². The minimum absolute atomic E-state index is 0.0787. The summed E-state index contributed by atoms with van der Waals surface area (Å²) in [6.45, 7) is 0. The molecule has 12 heavy (non-hydrogen) atoms. The van der Waals surface area contributed by atoms with Crippen molar-refractivity contribution in [3.8, 4) is 11.6 Å². The second-order valence-corrected chi connectivity index (χ2v) is 2.08. The lowest BCUT2D eigenvalue weighted by Gasteiger charge is -1.93. The van der Waals surface area contributed by atoms with Gasteiger partial charge in [-0.2, -0.15) is 0 Å². The smallest absolute Gasteiger partial charge is 0.269 e. The topological polar surface area (TPSA) is 51.8 Å². The molecule has 0 N–H and O–H groups in total. The van der Waals surface area contributed by atoms with Crippen LogP contribution in [0.15, 0.2) is 29.1 Å². The summed E-state index contributed by atoms with van der Waals surface area (Å²) in [5, 5.41) is 6.94. The zero-order valence-electron chi connectivity index (χ0n) is 5.94. The Morgan fingerprint density at radius 3 is 3.00 bits per heavy atom. The third-order valence-corrected chi connectivity index (χ3v) is 1.32. The predicted octanol–water partition coefficient (Wildman–Crippen LogP) is 1.27. The van der Waals surface area contributed by atoms with E-state index in [0.717, 1.165) is 6.39 Å². The highest BCUT2D eigenvalue weighted by atomic mass is 19.1. The van der Waals surface area contributed by atoms with Gasteiger partial charge in [0.25, 0.3) is 5.89 Å². The molecule has 0 aliphatic rings. The first-order valence-corrected chi connectivity index (χ1v) is 3.25. The summed E-state index contributed by atoms with van der Waals surface area (Å²) in [5.74, 6) is -0.380. The lowest BCUT2D eigenvalue weighted by atomic mass is 10.3. The van der Waals surface area contributed by atoms with Gasteiger partial charge in [-0.3, -0.25) is 0 Å². The van der Waals surface area contributed by atoms with E-state index in [-0.39, 0.29) is 11.6 Å². The van der Waals surface area contributed by atoms with E-state index in [1.54, 1.807) is 0 Å². The van der Waals surface area contributed by atoms with Crippen LogP contribution in [0.25, 0.3) is 11.6 Å². The fraction of sp³-hybridized carbons (Fsp3) is 0. The molecule has 2 aromatic heterocycles. The van der Waals surface area contributed by atoms with Gasteiger partial charge in [-0.05, 0) is 12.1 Å². The largest absolute Gasteiger partial charge is 0.422 e. The van der Waals surface area contributed by atoms with Crippen LogP contribution < -0.4 is 0 Å². The van der Waals surface area contributed by atoms with Gasteiger partial charge in [0, 0.05) is 6.20 Å². The van der Waals surface area contributed by atoms with Crippen molar-refractivity contribution in [1.82, 2.24) is 15.2 Å². The minimum Gasteiger partial charge on any atom is -0.422 e. The maximum absolute atomic E-state index is 13.0. The van der Waals surface area contributed by atoms with Crippen LogP contribution in [0.4, 0.5) is 4.39 Å². The number of nitrogens with zero attached hydrogens (tertiary/aromatic N) is 3. The van der Waals surface area contributed by atoms with E-state index >= 15 is 0 Å². The van der Waals surface area contributed by atoms with Gasteiger partial charge in [0.05, 0.1) is 0 Å². The number of halogens is 1. The molecule has 0 spiro atoms. The van der Waals surface area contributed by atoms with E-state index in [1.807, 2.05) is 0 Å². The van der Waals surface area contributed by atoms with Crippen LogP contribution in [0.1, 0.15) is 0 Å². The van der Waals surface area contributed by atoms with Crippen molar-refractivity contribution in [3.05, 3.63) is 30.5 Å². The summed E-state index contributed by atoms with van der Waals surface area (Å²) < 4.78 is 17.7. The van der Waals surface area contributed by atoms with Crippen LogP contribution in [0.5, 0.6) is 0 Å². The standard InChI is InChI=1S/C7H4FN3O/c8-5-2-1-3-9-6(5)7-11-10-4-12-7/h1-4H. The molecule has 0 amide bonds. The van der Waals surface area contributed by atoms with Crippen LogP contribution in [-0.2, 0) is 0 Å². The average Bonchev–Trinajstić information content (AvgIpc) is 2.57. The lowest BCUT2D eigenvalue weighted by molar-refractivity contribution is 0.553. The van der Waals surface area contributed by atoms with Crippen LogP contribution in [0.2, 0.25) is 0 Å². The summed E-state index contributed by atoms with van der Waals surface area (Å²) in [7, 11) is 0. The molecule has 2 heterocycles. The van der Waals surface area contributed by atoms with Crippen LogP contribution in [0.3, 0.4) is 0 Å². The van der Waals surface area contributed by atoms with E-state index in [4.69, 9.17) is 4.42 Å². The summed E-state index contributed by atoms with van der Waals surface area (Å²) >= 11 is 0. The van der Waals surface area contributed by atoms with Gasteiger partial charge in [0.1, 0.15) is 0 Å². The molecule has 0 fully saturated rings. The quantitative estimate of drug-likeness (QED) is 0.638. The molecule has 0 unspecified atom stereocenters. The van der Waals surface area contributed by atoms with Crippen molar-refractivity contribution in [2.45, 2.75) is 0 Å². The van der Waals surface area contributed by atoms with E-state index in [2.05, 4.69) is 15.2 Å². The Labute approximate surface area is 67.1 Å². The van der Waals surface area contributed by atoms with Crippen LogP contribution >= 0.6 is 0 Å². The van der Waals surface area contributed by atoms with Gasteiger partial charge in [-0.1, -0.05) is 0 Å². The van der Waals surface area contributed by atoms with Gasteiger partial charge in [0.2, 0.25) is 6.39 Å². The first-order valence-electron chi connectivity index (χ1n) is 3.25. The molecule has 5 heteroatoms. The Kier molecular flexibility index (Phi) is 1.55. The Morgan fingerprint density at radius 1 is 1.42 bits per heavy atom. The highest BCUT2D eigenvalue weighted by molar-refractivity contribution is 5.45. The molecule has 2 aromatic rings. The average molecular weight is 165 g/mol. The zero-order chi connectivity index (χ0) is 8.39. The maximum Gasteiger partial charge on any atom is 0.269 e. The van der Waals surface area contributed by atoms with E-state index in [1.165, 1.54) is 18.3 Å². The molecular formula is C7H4FN3O. The van der Waals surface area contributed by atoms with Gasteiger partial charge < -0.3 is 4.42 Å². The number of rotatable bonds is 1. The fourth-order valence-corrected chi connectivity index (χ4v) is 0.819. The normalized spacial score (nSPS) is 10.1. The monoisotopic (exact) mass is 165 g/mol. The number of hydrogen-bond acceptors (Lipinski definition) is 4. The van der Waals surface area contributed by atoms with Gasteiger partial charge >= 0.3 is 0 Å². The van der Waals surface area contributed by atoms with Crippen molar-refractivity contribution < 1.29 is 8.81 Å². The van der Waals surface area contributed by atoms with E-state index in [0.29, 0.717) is 0 Å². The molecule has 0 saturated carbocycles. The van der Waals surface area contributed by atoms with Gasteiger partial charge in [-0.25, -0.2) is 9.37 Å². The van der Waals surface area contributed by atoms with E-state index < -0.39 is 5.82 Å². The Morgan fingerprint density at radius 2 is 2.33 bits per heavy atom. The molecular weight excluding hydrogens is 161 g/mol. The van der Waals surface area contributed by atoms with Crippen LogP contribution in [0, 0.1) is 5.82 Å². The highest BCUT2D eigenvalue weighted by Gasteiger charge is 2.09. The molecule has 0 aliphatic carbocycles. The number of hydrogen-bond donors (Lipinski definition) is 0. The van der Waals surface area contributed by atoms with Crippen molar-refractivity contribution in [2.75, 3.05) is 0 Å². The maximum atomic E-state index is 13.0. The number of aromatic nitrogens is 3. The van der Waals surface area contributed by atoms with Crippen molar-refractivity contribution in [2.24, 2.45) is 0 Å². The molecule has 2 rings (SSSR count). The molecule has 0 aliphatic heterocycles. The SMILES string of the molecule is Fc1cccnc1-c1nnco1. The number of pyridine rings is 1. The first-order chi connectivity index (χ1) is 5.88. The van der Waals surface area contributed by atoms with Gasteiger partial charge in [-0.15, -0.1) is 10.2 Å². The molecule has 0 aromatic carbocycles. The molecule has 0 saturated heterocycles. The fourth-order valence-electron chi connectivity index (χ4n) is 0.819. The Hall–Kier alpha value is -1.78. The van der Waals surface area contributed by atoms with Crippen molar-refractivity contribution >= 4 is 0 Å². The third kappa shape index (κ3) is 1.05. The second kappa shape index (κ2) is 2.69. The van der Waals surface area contributed by atoms with Crippen molar-refractivity contribution in [3.63, 3.8) is 0 Å². The molecule has 60 valence electrons. The third-order valence-electron chi connectivity index (χ3n) is 1.32. The predicted molar refractivity (Wildman–Crippen MR) is 37.5 cm³/mol. The zero-order valence-corrected chi connectivity index (χ0v) is 5.94. The lowest BCUT2D eigenvalue weighted by Crippen LogP contribution is -1.87. The van der Waals surface area contributed by atoms with Crippen molar-refractivity contribution in [1.29, 1.82) is 0 Å². The summed E-state index contributed by atoms with van der Waals surface area (Å²) in [5.41, 5.74) is 0.0787. The minimum atomic E-state index is -0.471. The molecule has 4 nitrogen and oxygen atoms in total. The summed E-state index contributed by atoms with van der Waals surface area (Å²) in [6, 6.07) is 2.78. The summed E-state index contributed by atoms with van der Waals surface area (Å²) in [4.78, 5) is 3.75.